The van der Waals surface area contributed by atoms with E-state index in [-0.39, 0.29) is 40.7 Å². The van der Waals surface area contributed by atoms with Gasteiger partial charge in [0, 0.05) is 42.9 Å². The highest BCUT2D eigenvalue weighted by Crippen LogP contribution is 2.41. The minimum atomic E-state index is -4.82. The second-order valence-corrected chi connectivity index (χ2v) is 9.32. The molecule has 0 saturated carbocycles. The van der Waals surface area contributed by atoms with Crippen molar-refractivity contribution in [2.75, 3.05) is 26.2 Å². The fourth-order valence-corrected chi connectivity index (χ4v) is 4.92. The number of amides is 2. The number of rotatable bonds is 5. The maximum absolute atomic E-state index is 12.9. The van der Waals surface area contributed by atoms with Crippen molar-refractivity contribution in [2.24, 2.45) is 5.41 Å². The summed E-state index contributed by atoms with van der Waals surface area (Å²) in [6.45, 7) is 3.69. The molecule has 2 aromatic rings. The minimum absolute atomic E-state index is 0.0550. The summed E-state index contributed by atoms with van der Waals surface area (Å²) >= 11 is 0. The van der Waals surface area contributed by atoms with Crippen molar-refractivity contribution >= 4 is 17.6 Å². The number of Topliss-reactive ketones (excluding diaryl/α,β-unsaturated/α-hetero) is 1. The standard InChI is InChI=1S/C26H27F3N2O4/c1-18(32)19-6-8-20(9-7-19)24(34)30-13-10-25(11-14-30)12-15-31(17-25)23(33)16-21-4-2-3-5-22(21)35-26(27,28)29/h2-9H,10-17H2,1H3. The Kier molecular flexibility index (Phi) is 6.87. The van der Waals surface area contributed by atoms with E-state index in [1.165, 1.54) is 25.1 Å². The molecule has 1 spiro atoms. The van der Waals surface area contributed by atoms with Gasteiger partial charge in [0.15, 0.2) is 5.78 Å². The zero-order valence-electron chi connectivity index (χ0n) is 19.4. The predicted molar refractivity (Wildman–Crippen MR) is 122 cm³/mol. The van der Waals surface area contributed by atoms with E-state index in [0.717, 1.165) is 19.3 Å². The predicted octanol–water partition coefficient (Wildman–Crippen LogP) is 4.49. The first-order valence-electron chi connectivity index (χ1n) is 11.6. The zero-order valence-corrected chi connectivity index (χ0v) is 19.4. The van der Waals surface area contributed by atoms with Crippen LogP contribution < -0.4 is 4.74 Å². The number of likely N-dealkylation sites (tertiary alicyclic amines) is 2. The van der Waals surface area contributed by atoms with E-state index in [0.29, 0.717) is 37.3 Å². The Bertz CT molecular complexity index is 1110. The smallest absolute Gasteiger partial charge is 0.405 e. The molecular weight excluding hydrogens is 461 g/mol. The largest absolute Gasteiger partial charge is 0.573 e. The lowest BCUT2D eigenvalue weighted by Crippen LogP contribution is -2.44. The summed E-state index contributed by atoms with van der Waals surface area (Å²) in [6, 6.07) is 12.3. The minimum Gasteiger partial charge on any atom is -0.405 e. The summed E-state index contributed by atoms with van der Waals surface area (Å²) in [7, 11) is 0. The third-order valence-corrected chi connectivity index (χ3v) is 6.98. The fraction of sp³-hybridized carbons (Fsp3) is 0.423. The molecular formula is C26H27F3N2O4. The molecule has 6 nitrogen and oxygen atoms in total. The van der Waals surface area contributed by atoms with Crippen molar-refractivity contribution in [1.29, 1.82) is 0 Å². The first-order chi connectivity index (χ1) is 16.6. The second-order valence-electron chi connectivity index (χ2n) is 9.32. The summed E-state index contributed by atoms with van der Waals surface area (Å²) in [5.74, 6) is -0.725. The first-order valence-corrected chi connectivity index (χ1v) is 11.6. The van der Waals surface area contributed by atoms with Crippen LogP contribution in [0.3, 0.4) is 0 Å². The Labute approximate surface area is 201 Å². The van der Waals surface area contributed by atoms with Crippen LogP contribution >= 0.6 is 0 Å². The molecule has 0 bridgehead atoms. The number of nitrogens with zero attached hydrogens (tertiary/aromatic N) is 2. The molecule has 2 heterocycles. The van der Waals surface area contributed by atoms with Gasteiger partial charge in [0.1, 0.15) is 5.75 Å². The average Bonchev–Trinajstić information content (AvgIpc) is 3.23. The number of hydrogen-bond donors (Lipinski definition) is 0. The number of carbonyl (C=O) groups is 3. The van der Waals surface area contributed by atoms with Crippen LogP contribution in [0.15, 0.2) is 48.5 Å². The van der Waals surface area contributed by atoms with Crippen LogP contribution in [-0.4, -0.2) is 59.9 Å². The van der Waals surface area contributed by atoms with Crippen molar-refractivity contribution in [3.05, 3.63) is 65.2 Å². The van der Waals surface area contributed by atoms with Crippen LogP contribution in [0.4, 0.5) is 13.2 Å². The second kappa shape index (κ2) is 9.71. The number of para-hydroxylation sites is 1. The van der Waals surface area contributed by atoms with Gasteiger partial charge >= 0.3 is 6.36 Å². The van der Waals surface area contributed by atoms with Crippen molar-refractivity contribution in [3.8, 4) is 5.75 Å². The lowest BCUT2D eigenvalue weighted by molar-refractivity contribution is -0.274. The summed E-state index contributed by atoms with van der Waals surface area (Å²) in [6.07, 6.45) is -2.68. The average molecular weight is 489 g/mol. The van der Waals surface area contributed by atoms with Crippen LogP contribution in [0.25, 0.3) is 0 Å². The van der Waals surface area contributed by atoms with Gasteiger partial charge in [-0.15, -0.1) is 13.2 Å². The molecule has 2 aromatic carbocycles. The Hall–Kier alpha value is -3.36. The number of benzene rings is 2. The van der Waals surface area contributed by atoms with Crippen molar-refractivity contribution in [3.63, 3.8) is 0 Å². The maximum Gasteiger partial charge on any atom is 0.573 e. The van der Waals surface area contributed by atoms with E-state index in [9.17, 15) is 27.6 Å². The topological polar surface area (TPSA) is 66.9 Å². The van der Waals surface area contributed by atoms with Gasteiger partial charge in [0.2, 0.25) is 5.91 Å². The Morgan fingerprint density at radius 1 is 0.886 bits per heavy atom. The molecule has 2 saturated heterocycles. The lowest BCUT2D eigenvalue weighted by Gasteiger charge is -2.39. The quantitative estimate of drug-likeness (QED) is 0.582. The van der Waals surface area contributed by atoms with E-state index in [4.69, 9.17) is 0 Å². The van der Waals surface area contributed by atoms with E-state index in [1.807, 2.05) is 0 Å². The molecule has 35 heavy (non-hydrogen) atoms. The summed E-state index contributed by atoms with van der Waals surface area (Å²) in [5.41, 5.74) is 1.20. The van der Waals surface area contributed by atoms with Gasteiger partial charge in [-0.2, -0.15) is 0 Å². The van der Waals surface area contributed by atoms with Crippen molar-refractivity contribution < 1.29 is 32.3 Å². The highest BCUT2D eigenvalue weighted by atomic mass is 19.4. The SMILES string of the molecule is CC(=O)c1ccc(C(=O)N2CCC3(CCN(C(=O)Cc4ccccc4OC(F)(F)F)C3)CC2)cc1. The Morgan fingerprint density at radius 2 is 1.46 bits per heavy atom. The Morgan fingerprint density at radius 3 is 2.06 bits per heavy atom. The van der Waals surface area contributed by atoms with Gasteiger partial charge in [-0.3, -0.25) is 14.4 Å². The van der Waals surface area contributed by atoms with Gasteiger partial charge in [-0.05, 0) is 49.8 Å². The number of piperidine rings is 1. The van der Waals surface area contributed by atoms with Crippen molar-refractivity contribution in [1.82, 2.24) is 9.80 Å². The fourth-order valence-electron chi connectivity index (χ4n) is 4.92. The number of halogens is 3. The molecule has 0 unspecified atom stereocenters. The molecule has 2 aliphatic rings. The number of ketones is 1. The van der Waals surface area contributed by atoms with Gasteiger partial charge in [-0.25, -0.2) is 0 Å². The van der Waals surface area contributed by atoms with Crippen molar-refractivity contribution in [2.45, 2.75) is 39.0 Å². The summed E-state index contributed by atoms with van der Waals surface area (Å²) in [5, 5.41) is 0. The Balaban J connectivity index is 1.33. The molecule has 0 aliphatic carbocycles. The normalized spacial score (nSPS) is 17.5. The monoisotopic (exact) mass is 488 g/mol. The maximum atomic E-state index is 12.9. The van der Waals surface area contributed by atoms with Crippen LogP contribution in [-0.2, 0) is 11.2 Å². The molecule has 0 aromatic heterocycles. The van der Waals surface area contributed by atoms with Gasteiger partial charge in [0.05, 0.1) is 6.42 Å². The highest BCUT2D eigenvalue weighted by molar-refractivity contribution is 5.97. The molecule has 2 fully saturated rings. The number of hydrogen-bond acceptors (Lipinski definition) is 4. The molecule has 186 valence electrons. The van der Waals surface area contributed by atoms with E-state index >= 15 is 0 Å². The third kappa shape index (κ3) is 5.83. The van der Waals surface area contributed by atoms with Gasteiger partial charge < -0.3 is 14.5 Å². The highest BCUT2D eigenvalue weighted by Gasteiger charge is 2.43. The van der Waals surface area contributed by atoms with E-state index < -0.39 is 6.36 Å². The first kappa shape index (κ1) is 24.8. The molecule has 0 N–H and O–H groups in total. The van der Waals surface area contributed by atoms with Gasteiger partial charge in [0.25, 0.3) is 5.91 Å². The molecule has 0 radical (unpaired) electrons. The summed E-state index contributed by atoms with van der Waals surface area (Å²) < 4.78 is 42.1. The zero-order chi connectivity index (χ0) is 25.2. The number of ether oxygens (including phenoxy) is 1. The number of carbonyl (C=O) groups excluding carboxylic acids is 3. The van der Waals surface area contributed by atoms with Crippen LogP contribution in [0.1, 0.15) is 52.5 Å². The third-order valence-electron chi connectivity index (χ3n) is 6.98. The van der Waals surface area contributed by atoms with Crippen LogP contribution in [0.2, 0.25) is 0 Å². The lowest BCUT2D eigenvalue weighted by atomic mass is 9.77. The molecule has 9 heteroatoms. The number of alkyl halides is 3. The molecule has 2 amide bonds. The van der Waals surface area contributed by atoms with Crippen LogP contribution in [0, 0.1) is 5.41 Å². The molecule has 0 atom stereocenters. The van der Waals surface area contributed by atoms with Gasteiger partial charge in [-0.1, -0.05) is 30.3 Å². The molecule has 2 aliphatic heterocycles. The van der Waals surface area contributed by atoms with Crippen LogP contribution in [0.5, 0.6) is 5.75 Å². The van der Waals surface area contributed by atoms with E-state index in [1.54, 1.807) is 40.1 Å². The molecule has 4 rings (SSSR count). The van der Waals surface area contributed by atoms with E-state index in [2.05, 4.69) is 4.74 Å². The summed E-state index contributed by atoms with van der Waals surface area (Å²) in [4.78, 5) is 40.7.